The van der Waals surface area contributed by atoms with E-state index in [2.05, 4.69) is 5.32 Å². The first kappa shape index (κ1) is 21.9. The monoisotopic (exact) mass is 473 g/mol. The Kier molecular flexibility index (Phi) is 5.62. The van der Waals surface area contributed by atoms with Gasteiger partial charge in [0.25, 0.3) is 11.8 Å². The summed E-state index contributed by atoms with van der Waals surface area (Å²) in [6.45, 7) is 2.42. The first-order valence-corrected chi connectivity index (χ1v) is 11.6. The van der Waals surface area contributed by atoms with Crippen LogP contribution >= 0.6 is 11.3 Å². The van der Waals surface area contributed by atoms with Crippen molar-refractivity contribution in [1.29, 1.82) is 0 Å². The summed E-state index contributed by atoms with van der Waals surface area (Å²) in [6.07, 6.45) is -3.54. The zero-order valence-corrected chi connectivity index (χ0v) is 18.5. The lowest BCUT2D eigenvalue weighted by atomic mass is 10.1. The summed E-state index contributed by atoms with van der Waals surface area (Å²) < 4.78 is 39.3. The average Bonchev–Trinajstić information content (AvgIpc) is 3.41. The third-order valence-corrected chi connectivity index (χ3v) is 7.28. The minimum absolute atomic E-state index is 0.0313. The van der Waals surface area contributed by atoms with Gasteiger partial charge in [0.05, 0.1) is 10.4 Å². The molecule has 2 saturated heterocycles. The number of hydrogen-bond acceptors (Lipinski definition) is 4. The van der Waals surface area contributed by atoms with E-state index in [0.29, 0.717) is 46.7 Å². The molecule has 1 aromatic heterocycles. The number of halogens is 3. The molecule has 5 nitrogen and oxygen atoms in total. The topological polar surface area (TPSA) is 52.7 Å². The van der Waals surface area contributed by atoms with Gasteiger partial charge in [0.15, 0.2) is 0 Å². The van der Waals surface area contributed by atoms with E-state index in [-0.39, 0.29) is 23.9 Å². The lowest BCUT2D eigenvalue weighted by Crippen LogP contribution is -2.61. The molecule has 0 radical (unpaired) electrons. The molecule has 2 aromatic carbocycles. The summed E-state index contributed by atoms with van der Waals surface area (Å²) >= 11 is 1.09. The van der Waals surface area contributed by atoms with Crippen LogP contribution in [0.5, 0.6) is 0 Å². The van der Waals surface area contributed by atoms with Crippen LogP contribution in [0.25, 0.3) is 10.1 Å². The van der Waals surface area contributed by atoms with Gasteiger partial charge < -0.3 is 15.1 Å². The minimum Gasteiger partial charge on any atom is -0.337 e. The van der Waals surface area contributed by atoms with E-state index in [1.165, 1.54) is 6.07 Å². The van der Waals surface area contributed by atoms with E-state index in [0.717, 1.165) is 29.9 Å². The van der Waals surface area contributed by atoms with Crippen molar-refractivity contribution in [2.75, 3.05) is 26.2 Å². The van der Waals surface area contributed by atoms with Crippen LogP contribution in [0.4, 0.5) is 13.2 Å². The number of nitrogens with zero attached hydrogens (tertiary/aromatic N) is 2. The summed E-state index contributed by atoms with van der Waals surface area (Å²) in [5.74, 6) is -0.126. The fourth-order valence-electron chi connectivity index (χ4n) is 4.40. The highest BCUT2D eigenvalue weighted by molar-refractivity contribution is 7.20. The molecular weight excluding hydrogens is 451 g/mol. The van der Waals surface area contributed by atoms with Crippen LogP contribution in [0.15, 0.2) is 54.6 Å². The molecule has 1 unspecified atom stereocenters. The molecule has 2 aliphatic rings. The number of hydrogen-bond donors (Lipinski definition) is 1. The molecule has 0 aliphatic carbocycles. The smallest absolute Gasteiger partial charge is 0.337 e. The first-order valence-electron chi connectivity index (χ1n) is 10.8. The third-order valence-electron chi connectivity index (χ3n) is 6.19. The second-order valence-corrected chi connectivity index (χ2v) is 9.62. The predicted octanol–water partition coefficient (Wildman–Crippen LogP) is 4.25. The number of fused-ring (bicyclic) bond motifs is 1. The molecule has 2 amide bonds. The van der Waals surface area contributed by atoms with E-state index in [1.807, 2.05) is 35.2 Å². The van der Waals surface area contributed by atoms with Gasteiger partial charge in [-0.1, -0.05) is 24.3 Å². The van der Waals surface area contributed by atoms with Gasteiger partial charge >= 0.3 is 6.18 Å². The van der Waals surface area contributed by atoms with Crippen molar-refractivity contribution in [1.82, 2.24) is 15.1 Å². The Bertz CT molecular complexity index is 1190. The lowest BCUT2D eigenvalue weighted by molar-refractivity contribution is -0.137. The van der Waals surface area contributed by atoms with Crippen molar-refractivity contribution < 1.29 is 22.8 Å². The van der Waals surface area contributed by atoms with Crippen molar-refractivity contribution in [3.63, 3.8) is 0 Å². The molecule has 0 bridgehead atoms. The molecule has 9 heteroatoms. The van der Waals surface area contributed by atoms with Crippen LogP contribution in [0.2, 0.25) is 0 Å². The second kappa shape index (κ2) is 8.46. The van der Waals surface area contributed by atoms with E-state index in [4.69, 9.17) is 0 Å². The number of carbonyl (C=O) groups excluding carboxylic acids is 2. The second-order valence-electron chi connectivity index (χ2n) is 8.54. The Morgan fingerprint density at radius 3 is 2.36 bits per heavy atom. The van der Waals surface area contributed by atoms with Crippen LogP contribution in [-0.4, -0.2) is 59.9 Å². The number of nitrogens with one attached hydrogen (secondary N) is 1. The summed E-state index contributed by atoms with van der Waals surface area (Å²) in [6, 6.07) is 14.8. The van der Waals surface area contributed by atoms with Crippen LogP contribution in [-0.2, 0) is 6.18 Å². The number of benzene rings is 2. The van der Waals surface area contributed by atoms with Crippen molar-refractivity contribution >= 4 is 33.2 Å². The van der Waals surface area contributed by atoms with Crippen LogP contribution in [0.1, 0.15) is 32.0 Å². The number of carbonyl (C=O) groups is 2. The summed E-state index contributed by atoms with van der Waals surface area (Å²) in [4.78, 5) is 29.4. The summed E-state index contributed by atoms with van der Waals surface area (Å²) in [7, 11) is 0. The molecule has 0 saturated carbocycles. The highest BCUT2D eigenvalue weighted by atomic mass is 32.1. The van der Waals surface area contributed by atoms with Gasteiger partial charge in [-0.25, -0.2) is 0 Å². The summed E-state index contributed by atoms with van der Waals surface area (Å²) in [5.41, 5.74) is -0.0235. The molecule has 3 heterocycles. The molecule has 33 heavy (non-hydrogen) atoms. The van der Waals surface area contributed by atoms with E-state index in [9.17, 15) is 22.8 Å². The van der Waals surface area contributed by atoms with Crippen LogP contribution in [0, 0.1) is 0 Å². The van der Waals surface area contributed by atoms with Gasteiger partial charge in [-0.2, -0.15) is 13.2 Å². The van der Waals surface area contributed by atoms with E-state index < -0.39 is 11.7 Å². The maximum absolute atomic E-state index is 12.9. The van der Waals surface area contributed by atoms with Crippen LogP contribution < -0.4 is 5.32 Å². The average molecular weight is 474 g/mol. The molecule has 2 fully saturated rings. The quantitative estimate of drug-likeness (QED) is 0.617. The molecule has 5 rings (SSSR count). The first-order chi connectivity index (χ1) is 15.8. The maximum atomic E-state index is 12.9. The van der Waals surface area contributed by atoms with Crippen molar-refractivity contribution in [3.8, 4) is 0 Å². The maximum Gasteiger partial charge on any atom is 0.416 e. The Balaban J connectivity index is 1.14. The molecule has 2 aliphatic heterocycles. The molecule has 172 valence electrons. The fraction of sp³-hybridized carbons (Fsp3) is 0.333. The number of alkyl halides is 3. The number of likely N-dealkylation sites (tertiary alicyclic amines) is 2. The lowest BCUT2D eigenvalue weighted by Gasteiger charge is -2.40. The molecule has 1 N–H and O–H groups in total. The Morgan fingerprint density at radius 2 is 1.64 bits per heavy atom. The van der Waals surface area contributed by atoms with Crippen molar-refractivity contribution in [3.05, 3.63) is 70.6 Å². The fourth-order valence-corrected chi connectivity index (χ4v) is 5.47. The van der Waals surface area contributed by atoms with Crippen molar-refractivity contribution in [2.45, 2.75) is 24.7 Å². The largest absolute Gasteiger partial charge is 0.416 e. The molecular formula is C24H22F3N3O2S. The highest BCUT2D eigenvalue weighted by Crippen LogP contribution is 2.35. The Morgan fingerprint density at radius 1 is 0.909 bits per heavy atom. The number of rotatable bonds is 4. The SMILES string of the molecule is O=C(c1ccccc1)N1CCC(NC2CN(C(=O)c3cc4ccc(C(F)(F)F)cc4s3)C2)C1. The standard InChI is InChI=1S/C24H22F3N3O2S/c25-24(26,27)17-7-6-16-10-21(33-20(16)11-17)23(32)30-13-19(14-30)28-18-8-9-29(12-18)22(31)15-4-2-1-3-5-15/h1-7,10-11,18-19,28H,8-9,12-14H2. The van der Waals surface area contributed by atoms with E-state index >= 15 is 0 Å². The summed E-state index contributed by atoms with van der Waals surface area (Å²) in [5, 5.41) is 4.17. The number of thiophene rings is 1. The van der Waals surface area contributed by atoms with Crippen molar-refractivity contribution in [2.24, 2.45) is 0 Å². The van der Waals surface area contributed by atoms with Gasteiger partial charge in [-0.15, -0.1) is 11.3 Å². The van der Waals surface area contributed by atoms with E-state index in [1.54, 1.807) is 11.0 Å². The van der Waals surface area contributed by atoms with Gasteiger partial charge in [0, 0.05) is 48.5 Å². The van der Waals surface area contributed by atoms with Gasteiger partial charge in [0.2, 0.25) is 0 Å². The molecule has 3 aromatic rings. The normalized spacial score (nSPS) is 19.2. The minimum atomic E-state index is -4.40. The predicted molar refractivity (Wildman–Crippen MR) is 120 cm³/mol. The molecule has 1 atom stereocenters. The van der Waals surface area contributed by atoms with Gasteiger partial charge in [-0.05, 0) is 42.1 Å². The Labute approximate surface area is 192 Å². The molecule has 0 spiro atoms. The van der Waals surface area contributed by atoms with Crippen LogP contribution in [0.3, 0.4) is 0 Å². The third kappa shape index (κ3) is 4.47. The number of amides is 2. The van der Waals surface area contributed by atoms with Gasteiger partial charge in [-0.3, -0.25) is 9.59 Å². The Hall–Kier alpha value is -2.91. The van der Waals surface area contributed by atoms with Gasteiger partial charge in [0.1, 0.15) is 0 Å². The zero-order chi connectivity index (χ0) is 23.2. The highest BCUT2D eigenvalue weighted by Gasteiger charge is 2.36. The zero-order valence-electron chi connectivity index (χ0n) is 17.6.